The van der Waals surface area contributed by atoms with E-state index in [0.29, 0.717) is 44.0 Å². The number of benzene rings is 3. The number of carbonyl (C=O) groups excluding carboxylic acids is 4. The lowest BCUT2D eigenvalue weighted by atomic mass is 9.82. The molecular weight excluding hydrogens is 588 g/mol. The van der Waals surface area contributed by atoms with Gasteiger partial charge < -0.3 is 4.74 Å². The SMILES string of the molecule is CC1=CC2CC1C1C(=O)N(c3ccc(-c4cc(C(=O)OCC(=O)c5ccc(C)c(C)c5)c5ccc(Cl)c(C)c5n4)cc3)C(=O)C21. The minimum absolute atomic E-state index is 0.132. The van der Waals surface area contributed by atoms with Gasteiger partial charge in [-0.3, -0.25) is 19.3 Å². The number of amides is 2. The molecule has 2 bridgehead atoms. The van der Waals surface area contributed by atoms with Gasteiger partial charge in [0, 0.05) is 21.5 Å². The second kappa shape index (κ2) is 10.8. The first-order valence-electron chi connectivity index (χ1n) is 15.1. The third-order valence-corrected chi connectivity index (χ3v) is 10.3. The topological polar surface area (TPSA) is 93.6 Å². The lowest BCUT2D eigenvalue weighted by Gasteiger charge is -2.19. The summed E-state index contributed by atoms with van der Waals surface area (Å²) in [5.74, 6) is -1.50. The number of Topliss-reactive ketones (excluding diaryl/α,β-unsaturated/α-hetero) is 1. The molecule has 7 rings (SSSR count). The summed E-state index contributed by atoms with van der Waals surface area (Å²) in [6.45, 7) is 7.37. The molecule has 0 radical (unpaired) electrons. The van der Waals surface area contributed by atoms with Crippen LogP contribution in [0.2, 0.25) is 5.02 Å². The Morgan fingerprint density at radius 2 is 1.64 bits per heavy atom. The molecule has 1 aliphatic heterocycles. The molecule has 2 fully saturated rings. The first-order chi connectivity index (χ1) is 21.5. The minimum Gasteiger partial charge on any atom is -0.454 e. The number of allylic oxidation sites excluding steroid dienone is 2. The molecule has 0 N–H and O–H groups in total. The van der Waals surface area contributed by atoms with E-state index in [0.717, 1.165) is 17.5 Å². The number of hydrogen-bond acceptors (Lipinski definition) is 6. The van der Waals surface area contributed by atoms with Crippen LogP contribution in [0.5, 0.6) is 0 Å². The van der Waals surface area contributed by atoms with Crippen LogP contribution in [-0.4, -0.2) is 35.2 Å². The maximum atomic E-state index is 13.5. The maximum Gasteiger partial charge on any atom is 0.339 e. The van der Waals surface area contributed by atoms with Crippen LogP contribution >= 0.6 is 11.6 Å². The summed E-state index contributed by atoms with van der Waals surface area (Å²) in [5.41, 5.74) is 6.91. The lowest BCUT2D eigenvalue weighted by molar-refractivity contribution is -0.123. The van der Waals surface area contributed by atoms with Crippen LogP contribution in [-0.2, 0) is 14.3 Å². The second-order valence-electron chi connectivity index (χ2n) is 12.4. The van der Waals surface area contributed by atoms with Crippen molar-refractivity contribution < 1.29 is 23.9 Å². The number of ketones is 1. The van der Waals surface area contributed by atoms with Crippen LogP contribution in [0.15, 0.2) is 72.3 Å². The highest BCUT2D eigenvalue weighted by molar-refractivity contribution is 6.32. The standard InChI is InChI=1S/C37H31ClN2O5/c1-18-5-6-23(13-19(18)2)31(41)17-45-37(44)28-16-30(39-34-21(4)29(38)12-11-26(28)34)22-7-9-25(10-8-22)40-35(42)32-24-14-20(3)27(15-24)33(32)36(40)43/h5-14,16,24,27,32-33H,15,17H2,1-4H3. The Morgan fingerprint density at radius 1 is 0.911 bits per heavy atom. The van der Waals surface area contributed by atoms with Crippen molar-refractivity contribution in [3.05, 3.63) is 105 Å². The van der Waals surface area contributed by atoms with Gasteiger partial charge in [-0.1, -0.05) is 53.6 Å². The molecule has 8 heteroatoms. The molecule has 2 amide bonds. The molecule has 226 valence electrons. The number of esters is 1. The minimum atomic E-state index is -0.655. The number of imide groups is 1. The number of aryl methyl sites for hydroxylation is 3. The third kappa shape index (κ3) is 4.68. The van der Waals surface area contributed by atoms with Crippen molar-refractivity contribution in [2.75, 3.05) is 11.5 Å². The van der Waals surface area contributed by atoms with Crippen LogP contribution in [0.1, 0.15) is 50.8 Å². The van der Waals surface area contributed by atoms with Crippen molar-refractivity contribution in [1.82, 2.24) is 4.98 Å². The number of aromatic nitrogens is 1. The predicted octanol–water partition coefficient (Wildman–Crippen LogP) is 7.22. The smallest absolute Gasteiger partial charge is 0.339 e. The molecule has 4 unspecified atom stereocenters. The van der Waals surface area contributed by atoms with Crippen molar-refractivity contribution in [1.29, 1.82) is 0 Å². The third-order valence-electron chi connectivity index (χ3n) is 9.85. The number of anilines is 1. The molecular formula is C37H31ClN2O5. The Hall–Kier alpha value is -4.62. The summed E-state index contributed by atoms with van der Waals surface area (Å²) in [5, 5.41) is 1.06. The molecule has 4 aromatic rings. The zero-order valence-electron chi connectivity index (χ0n) is 25.4. The maximum absolute atomic E-state index is 13.5. The van der Waals surface area contributed by atoms with E-state index < -0.39 is 12.6 Å². The van der Waals surface area contributed by atoms with E-state index in [1.807, 2.05) is 33.8 Å². The summed E-state index contributed by atoms with van der Waals surface area (Å²) >= 11 is 6.43. The van der Waals surface area contributed by atoms with Crippen LogP contribution in [0.4, 0.5) is 5.69 Å². The quantitative estimate of drug-likeness (QED) is 0.0980. The number of hydrogen-bond donors (Lipinski definition) is 0. The first-order valence-corrected chi connectivity index (χ1v) is 15.4. The highest BCUT2D eigenvalue weighted by Crippen LogP contribution is 2.56. The van der Waals surface area contributed by atoms with E-state index in [1.165, 1.54) is 10.5 Å². The van der Waals surface area contributed by atoms with Crippen molar-refractivity contribution >= 4 is 51.8 Å². The molecule has 2 heterocycles. The Bertz CT molecular complexity index is 2000. The van der Waals surface area contributed by atoms with Gasteiger partial charge in [0.15, 0.2) is 12.4 Å². The van der Waals surface area contributed by atoms with E-state index >= 15 is 0 Å². The van der Waals surface area contributed by atoms with Gasteiger partial charge in [0.05, 0.1) is 34.3 Å². The average Bonchev–Trinajstić information content (AvgIpc) is 3.68. The van der Waals surface area contributed by atoms with Gasteiger partial charge in [0.1, 0.15) is 0 Å². The molecule has 45 heavy (non-hydrogen) atoms. The fourth-order valence-electron chi connectivity index (χ4n) is 7.24. The largest absolute Gasteiger partial charge is 0.454 e. The highest BCUT2D eigenvalue weighted by Gasteiger charge is 2.60. The summed E-state index contributed by atoms with van der Waals surface area (Å²) in [4.78, 5) is 59.3. The van der Waals surface area contributed by atoms with E-state index in [1.54, 1.807) is 54.6 Å². The molecule has 1 saturated carbocycles. The van der Waals surface area contributed by atoms with Gasteiger partial charge in [0.25, 0.3) is 0 Å². The number of pyridine rings is 1. The Balaban J connectivity index is 1.18. The van der Waals surface area contributed by atoms with Crippen LogP contribution in [0.25, 0.3) is 22.2 Å². The van der Waals surface area contributed by atoms with Gasteiger partial charge in [-0.25, -0.2) is 9.78 Å². The fraction of sp³-hybridized carbons (Fsp3) is 0.270. The molecule has 1 aromatic heterocycles. The Morgan fingerprint density at radius 3 is 2.38 bits per heavy atom. The monoisotopic (exact) mass is 618 g/mol. The lowest BCUT2D eigenvalue weighted by Crippen LogP contribution is -2.32. The number of fused-ring (bicyclic) bond motifs is 6. The number of halogens is 1. The van der Waals surface area contributed by atoms with Crippen LogP contribution in [0, 0.1) is 44.4 Å². The molecule has 3 aromatic carbocycles. The zero-order valence-corrected chi connectivity index (χ0v) is 26.1. The van der Waals surface area contributed by atoms with Gasteiger partial charge in [-0.05, 0) is 93.0 Å². The zero-order chi connectivity index (χ0) is 31.7. The second-order valence-corrected chi connectivity index (χ2v) is 12.9. The molecule has 3 aliphatic rings. The van der Waals surface area contributed by atoms with E-state index in [2.05, 4.69) is 6.08 Å². The van der Waals surface area contributed by atoms with E-state index in [4.69, 9.17) is 21.3 Å². The number of nitrogens with zero attached hydrogens (tertiary/aromatic N) is 2. The summed E-state index contributed by atoms with van der Waals surface area (Å²) in [6, 6.07) is 17.5. The van der Waals surface area contributed by atoms with Gasteiger partial charge in [-0.2, -0.15) is 0 Å². The molecule has 1 saturated heterocycles. The number of ether oxygens (including phenoxy) is 1. The number of rotatable bonds is 6. The summed E-state index contributed by atoms with van der Waals surface area (Å²) in [7, 11) is 0. The van der Waals surface area contributed by atoms with Crippen LogP contribution in [0.3, 0.4) is 0 Å². The summed E-state index contributed by atoms with van der Waals surface area (Å²) in [6.07, 6.45) is 3.04. The van der Waals surface area contributed by atoms with Gasteiger partial charge in [-0.15, -0.1) is 0 Å². The fourth-order valence-corrected chi connectivity index (χ4v) is 7.39. The van der Waals surface area contributed by atoms with Crippen molar-refractivity contribution in [3.63, 3.8) is 0 Å². The van der Waals surface area contributed by atoms with E-state index in [-0.39, 0.29) is 46.8 Å². The van der Waals surface area contributed by atoms with Crippen LogP contribution < -0.4 is 4.90 Å². The van der Waals surface area contributed by atoms with Crippen molar-refractivity contribution in [2.45, 2.75) is 34.1 Å². The van der Waals surface area contributed by atoms with Crippen molar-refractivity contribution in [3.8, 4) is 11.3 Å². The van der Waals surface area contributed by atoms with E-state index in [9.17, 15) is 19.2 Å². The average molecular weight is 619 g/mol. The normalized spacial score (nSPS) is 21.8. The molecule has 2 aliphatic carbocycles. The molecule has 0 spiro atoms. The Kier molecular flexibility index (Phi) is 6.97. The number of carbonyl (C=O) groups is 4. The highest BCUT2D eigenvalue weighted by atomic mass is 35.5. The van der Waals surface area contributed by atoms with Crippen molar-refractivity contribution in [2.24, 2.45) is 23.7 Å². The molecule has 4 atom stereocenters. The summed E-state index contributed by atoms with van der Waals surface area (Å²) < 4.78 is 5.52. The molecule has 7 nitrogen and oxygen atoms in total. The van der Waals surface area contributed by atoms with Gasteiger partial charge >= 0.3 is 5.97 Å². The Labute approximate surface area is 265 Å². The first kappa shape index (κ1) is 29.1. The van der Waals surface area contributed by atoms with Gasteiger partial charge in [0.2, 0.25) is 11.8 Å². The predicted molar refractivity (Wildman–Crippen MR) is 172 cm³/mol.